The largest absolute Gasteiger partial charge is 2.00 e. The Kier molecular flexibility index (Phi) is 8.53. The van der Waals surface area contributed by atoms with E-state index in [1.54, 1.807) is 0 Å². The van der Waals surface area contributed by atoms with Gasteiger partial charge in [-0.2, -0.15) is 0 Å². The van der Waals surface area contributed by atoms with Crippen LogP contribution in [0.3, 0.4) is 0 Å². The summed E-state index contributed by atoms with van der Waals surface area (Å²) in [7, 11) is 0. The average Bonchev–Trinajstić information content (AvgIpc) is 2.12. The minimum Gasteiger partial charge on any atom is -0.547 e. The molecule has 0 radical (unpaired) electrons. The number of hydrogen-bond donors (Lipinski definition) is 4. The topological polar surface area (TPSA) is 161 Å². The van der Waals surface area contributed by atoms with E-state index in [2.05, 4.69) is 0 Å². The van der Waals surface area contributed by atoms with Crippen molar-refractivity contribution in [2.24, 2.45) is 0 Å². The Morgan fingerprint density at radius 3 is 1.13 bits per heavy atom. The van der Waals surface area contributed by atoms with Gasteiger partial charge in [-0.1, -0.05) is 0 Å². The Labute approximate surface area is 114 Å². The molecule has 0 rings (SSSR count). The van der Waals surface area contributed by atoms with Crippen LogP contribution in [0.1, 0.15) is 0 Å². The van der Waals surface area contributed by atoms with Crippen LogP contribution < -0.4 is 10.2 Å². The van der Waals surface area contributed by atoms with Crippen molar-refractivity contribution in [3.8, 4) is 0 Å². The van der Waals surface area contributed by atoms with Crippen molar-refractivity contribution in [2.75, 3.05) is 0 Å². The molecule has 0 aliphatic rings. The molecule has 9 heteroatoms. The first kappa shape index (κ1) is 17.4. The van der Waals surface area contributed by atoms with E-state index in [1.165, 1.54) is 0 Å². The Balaban J connectivity index is 0. The van der Waals surface area contributed by atoms with E-state index >= 15 is 0 Å². The summed E-state index contributed by atoms with van der Waals surface area (Å²) in [6.07, 6.45) is -9.76. The van der Waals surface area contributed by atoms with Crippen molar-refractivity contribution in [1.29, 1.82) is 0 Å². The third-order valence-corrected chi connectivity index (χ3v) is 1.48. The molecule has 0 bridgehead atoms. The third kappa shape index (κ3) is 5.07. The summed E-state index contributed by atoms with van der Waals surface area (Å²) < 4.78 is 0. The first-order valence-corrected chi connectivity index (χ1v) is 3.43. The van der Waals surface area contributed by atoms with Gasteiger partial charge in [0.2, 0.25) is 0 Å². The second kappa shape index (κ2) is 7.34. The number of carboxylic acid groups (broad SMARTS) is 2. The first-order chi connectivity index (χ1) is 6.29. The molecule has 0 aromatic heterocycles. The number of aliphatic hydroxyl groups is 4. The maximum Gasteiger partial charge on any atom is 2.00 e. The molecular weight excluding hydrogens is 240 g/mol. The molecule has 15 heavy (non-hydrogen) atoms. The van der Waals surface area contributed by atoms with Crippen molar-refractivity contribution in [3.05, 3.63) is 0 Å². The zero-order valence-electron chi connectivity index (χ0n) is 7.44. The Bertz CT molecular complexity index is 207. The summed E-state index contributed by atoms with van der Waals surface area (Å²) in [6.45, 7) is 0. The fourth-order valence-electron chi connectivity index (χ4n) is 0.652. The molecule has 4 atom stereocenters. The maximum atomic E-state index is 9.96. The van der Waals surface area contributed by atoms with E-state index in [-0.39, 0.29) is 37.7 Å². The van der Waals surface area contributed by atoms with Gasteiger partial charge in [0.05, 0.1) is 11.9 Å². The zero-order chi connectivity index (χ0) is 11.5. The standard InChI is InChI=1S/C6H10O8.Ca/c7-1(3(9)5(11)12)2(8)4(10)6(13)14;/h1-4,7-10H,(H,11,12)(H,13,14);/q;+2/p-2/t1-,2-,3-,4-;/m0./s1. The van der Waals surface area contributed by atoms with Gasteiger partial charge >= 0.3 is 37.7 Å². The SMILES string of the molecule is O=C([O-])[C@@H](O)[C@@H](O)[C@H](O)[C@H](O)C(=O)[O-].[Ca+2]. The van der Waals surface area contributed by atoms with E-state index in [4.69, 9.17) is 20.4 Å². The Morgan fingerprint density at radius 2 is 1.00 bits per heavy atom. The molecule has 0 fully saturated rings. The average molecular weight is 248 g/mol. The van der Waals surface area contributed by atoms with E-state index in [9.17, 15) is 19.8 Å². The molecule has 0 saturated heterocycles. The van der Waals surface area contributed by atoms with Crippen LogP contribution in [0.4, 0.5) is 0 Å². The fraction of sp³-hybridized carbons (Fsp3) is 0.667. The minimum absolute atomic E-state index is 0. The molecule has 0 saturated carbocycles. The second-order valence-electron chi connectivity index (χ2n) is 2.51. The fourth-order valence-corrected chi connectivity index (χ4v) is 0.652. The van der Waals surface area contributed by atoms with Crippen molar-refractivity contribution in [3.63, 3.8) is 0 Å². The molecule has 0 unspecified atom stereocenters. The van der Waals surface area contributed by atoms with Crippen LogP contribution in [0.25, 0.3) is 0 Å². The summed E-state index contributed by atoms with van der Waals surface area (Å²) in [5.74, 6) is -4.22. The molecule has 0 aliphatic carbocycles. The van der Waals surface area contributed by atoms with Crippen LogP contribution in [0, 0.1) is 0 Å². The van der Waals surface area contributed by atoms with Crippen LogP contribution in [0.5, 0.6) is 0 Å². The van der Waals surface area contributed by atoms with E-state index < -0.39 is 36.4 Å². The van der Waals surface area contributed by atoms with E-state index in [1.807, 2.05) is 0 Å². The summed E-state index contributed by atoms with van der Waals surface area (Å²) in [5, 5.41) is 54.7. The molecule has 82 valence electrons. The summed E-state index contributed by atoms with van der Waals surface area (Å²) in [4.78, 5) is 19.9. The molecule has 0 aliphatic heterocycles. The molecule has 0 heterocycles. The number of carboxylic acids is 2. The molecule has 4 N–H and O–H groups in total. The third-order valence-electron chi connectivity index (χ3n) is 1.48. The quantitative estimate of drug-likeness (QED) is 0.349. The van der Waals surface area contributed by atoms with Gasteiger partial charge in [-0.05, 0) is 0 Å². The molecule has 0 aromatic carbocycles. The number of hydrogen-bond acceptors (Lipinski definition) is 8. The predicted octanol–water partition coefficient (Wildman–Crippen LogP) is -6.45. The number of aliphatic hydroxyl groups excluding tert-OH is 4. The molecule has 0 spiro atoms. The number of aliphatic carboxylic acids is 2. The van der Waals surface area contributed by atoms with Crippen molar-refractivity contribution in [1.82, 2.24) is 0 Å². The smallest absolute Gasteiger partial charge is 0.547 e. The van der Waals surface area contributed by atoms with Gasteiger partial charge in [0, 0.05) is 0 Å². The maximum absolute atomic E-state index is 9.96. The van der Waals surface area contributed by atoms with Crippen molar-refractivity contribution >= 4 is 49.7 Å². The normalized spacial score (nSPS) is 18.1. The van der Waals surface area contributed by atoms with E-state index in [0.717, 1.165) is 0 Å². The zero-order valence-corrected chi connectivity index (χ0v) is 9.65. The van der Waals surface area contributed by atoms with Crippen LogP contribution in [-0.2, 0) is 9.59 Å². The monoisotopic (exact) mass is 248 g/mol. The Hall–Kier alpha value is 0.0397. The van der Waals surface area contributed by atoms with Gasteiger partial charge < -0.3 is 40.2 Å². The molecule has 8 nitrogen and oxygen atoms in total. The van der Waals surface area contributed by atoms with E-state index in [0.29, 0.717) is 0 Å². The minimum atomic E-state index is -2.50. The van der Waals surface area contributed by atoms with Gasteiger partial charge in [-0.15, -0.1) is 0 Å². The summed E-state index contributed by atoms with van der Waals surface area (Å²) in [6, 6.07) is 0. The van der Waals surface area contributed by atoms with Gasteiger partial charge in [-0.25, -0.2) is 0 Å². The second-order valence-corrected chi connectivity index (χ2v) is 2.51. The molecular formula is C6H8CaO8. The van der Waals surface area contributed by atoms with Crippen molar-refractivity contribution in [2.45, 2.75) is 24.4 Å². The molecule has 0 aromatic rings. The van der Waals surface area contributed by atoms with Crippen LogP contribution in [0.2, 0.25) is 0 Å². The summed E-state index contributed by atoms with van der Waals surface area (Å²) in [5.41, 5.74) is 0. The number of carbonyl (C=O) groups is 2. The van der Waals surface area contributed by atoms with Gasteiger partial charge in [0.25, 0.3) is 0 Å². The van der Waals surface area contributed by atoms with Crippen LogP contribution in [-0.4, -0.2) is 94.5 Å². The van der Waals surface area contributed by atoms with Crippen LogP contribution >= 0.6 is 0 Å². The summed E-state index contributed by atoms with van der Waals surface area (Å²) >= 11 is 0. The van der Waals surface area contributed by atoms with Gasteiger partial charge in [0.15, 0.2) is 0 Å². The van der Waals surface area contributed by atoms with Gasteiger partial charge in [-0.3, -0.25) is 0 Å². The van der Waals surface area contributed by atoms with Crippen molar-refractivity contribution < 1.29 is 40.2 Å². The molecule has 0 amide bonds. The number of rotatable bonds is 5. The van der Waals surface area contributed by atoms with Gasteiger partial charge in [0.1, 0.15) is 24.4 Å². The first-order valence-electron chi connectivity index (χ1n) is 3.43. The van der Waals surface area contributed by atoms with Crippen LogP contribution in [0.15, 0.2) is 0 Å². The number of carbonyl (C=O) groups excluding carboxylic acids is 2. The predicted molar refractivity (Wildman–Crippen MR) is 39.8 cm³/mol. The Morgan fingerprint density at radius 1 is 0.800 bits per heavy atom.